The van der Waals surface area contributed by atoms with Gasteiger partial charge in [-0.25, -0.2) is 0 Å². The van der Waals surface area contributed by atoms with Crippen molar-refractivity contribution in [2.75, 3.05) is 0 Å². The van der Waals surface area contributed by atoms with Gasteiger partial charge >= 0.3 is 0 Å². The van der Waals surface area contributed by atoms with Crippen molar-refractivity contribution in [2.45, 2.75) is 32.1 Å². The van der Waals surface area contributed by atoms with E-state index in [1.807, 2.05) is 12.1 Å². The molecule has 1 heterocycles. The van der Waals surface area contributed by atoms with Crippen LogP contribution in [0.25, 0.3) is 0 Å². The van der Waals surface area contributed by atoms with E-state index in [4.69, 9.17) is 0 Å². The summed E-state index contributed by atoms with van der Waals surface area (Å²) in [6, 6.07) is 3.85. The van der Waals surface area contributed by atoms with Crippen LogP contribution in [0.3, 0.4) is 0 Å². The molecular weight excluding hydrogens is 174 g/mol. The van der Waals surface area contributed by atoms with E-state index in [0.29, 0.717) is 18.1 Å². The fourth-order valence-electron chi connectivity index (χ4n) is 2.09. The lowest BCUT2D eigenvalue weighted by atomic mass is 9.97. The highest BCUT2D eigenvalue weighted by molar-refractivity contribution is 5.83. The SMILES string of the molecule is O=C(Cc1ccncc1)C1CCCC1. The van der Waals surface area contributed by atoms with Gasteiger partial charge in [0.05, 0.1) is 0 Å². The molecule has 0 amide bonds. The summed E-state index contributed by atoms with van der Waals surface area (Å²) < 4.78 is 0. The number of hydrogen-bond donors (Lipinski definition) is 0. The van der Waals surface area contributed by atoms with Crippen LogP contribution in [0.1, 0.15) is 31.2 Å². The van der Waals surface area contributed by atoms with Crippen LogP contribution in [0.15, 0.2) is 24.5 Å². The fourth-order valence-corrected chi connectivity index (χ4v) is 2.09. The van der Waals surface area contributed by atoms with E-state index in [1.165, 1.54) is 12.8 Å². The molecule has 2 heteroatoms. The molecule has 14 heavy (non-hydrogen) atoms. The molecule has 2 nitrogen and oxygen atoms in total. The molecule has 0 N–H and O–H groups in total. The van der Waals surface area contributed by atoms with Crippen molar-refractivity contribution in [1.82, 2.24) is 4.98 Å². The Morgan fingerprint density at radius 3 is 2.57 bits per heavy atom. The number of rotatable bonds is 3. The molecule has 74 valence electrons. The van der Waals surface area contributed by atoms with Gasteiger partial charge in [0, 0.05) is 24.7 Å². The fraction of sp³-hybridized carbons (Fsp3) is 0.500. The molecule has 0 unspecified atom stereocenters. The number of ketones is 1. The van der Waals surface area contributed by atoms with Gasteiger partial charge in [-0.3, -0.25) is 9.78 Å². The lowest BCUT2D eigenvalue weighted by molar-refractivity contribution is -0.122. The molecule has 1 saturated carbocycles. The number of hydrogen-bond acceptors (Lipinski definition) is 2. The average Bonchev–Trinajstić information content (AvgIpc) is 2.72. The van der Waals surface area contributed by atoms with E-state index in [9.17, 15) is 4.79 Å². The largest absolute Gasteiger partial charge is 0.299 e. The standard InChI is InChI=1S/C12H15NO/c14-12(11-3-1-2-4-11)9-10-5-7-13-8-6-10/h5-8,11H,1-4,9H2. The number of pyridine rings is 1. The molecule has 1 aromatic rings. The van der Waals surface area contributed by atoms with Crippen LogP contribution in [0.4, 0.5) is 0 Å². The summed E-state index contributed by atoms with van der Waals surface area (Å²) in [6.45, 7) is 0. The van der Waals surface area contributed by atoms with Crippen LogP contribution in [0.2, 0.25) is 0 Å². The smallest absolute Gasteiger partial charge is 0.140 e. The van der Waals surface area contributed by atoms with Gasteiger partial charge in [-0.15, -0.1) is 0 Å². The molecule has 0 bridgehead atoms. The van der Waals surface area contributed by atoms with Gasteiger partial charge in [-0.05, 0) is 30.5 Å². The van der Waals surface area contributed by atoms with Crippen LogP contribution in [-0.4, -0.2) is 10.8 Å². The van der Waals surface area contributed by atoms with Crippen LogP contribution in [0.5, 0.6) is 0 Å². The number of aromatic nitrogens is 1. The Kier molecular flexibility index (Phi) is 2.92. The zero-order valence-electron chi connectivity index (χ0n) is 8.28. The third-order valence-electron chi connectivity index (χ3n) is 2.94. The average molecular weight is 189 g/mol. The van der Waals surface area contributed by atoms with Crippen molar-refractivity contribution < 1.29 is 4.79 Å². The Morgan fingerprint density at radius 2 is 1.93 bits per heavy atom. The summed E-state index contributed by atoms with van der Waals surface area (Å²) in [4.78, 5) is 15.7. The van der Waals surface area contributed by atoms with Gasteiger partial charge in [0.2, 0.25) is 0 Å². The maximum atomic E-state index is 11.8. The van der Waals surface area contributed by atoms with Crippen LogP contribution in [0, 0.1) is 5.92 Å². The van der Waals surface area contributed by atoms with Crippen LogP contribution in [-0.2, 0) is 11.2 Å². The third kappa shape index (κ3) is 2.19. The van der Waals surface area contributed by atoms with E-state index in [2.05, 4.69) is 4.98 Å². The molecule has 0 saturated heterocycles. The Bertz CT molecular complexity index is 301. The summed E-state index contributed by atoms with van der Waals surface area (Å²) >= 11 is 0. The van der Waals surface area contributed by atoms with Crippen molar-refractivity contribution in [3.05, 3.63) is 30.1 Å². The maximum absolute atomic E-state index is 11.8. The van der Waals surface area contributed by atoms with E-state index < -0.39 is 0 Å². The maximum Gasteiger partial charge on any atom is 0.140 e. The van der Waals surface area contributed by atoms with E-state index in [1.54, 1.807) is 12.4 Å². The zero-order chi connectivity index (χ0) is 9.80. The van der Waals surface area contributed by atoms with Gasteiger partial charge in [0.25, 0.3) is 0 Å². The topological polar surface area (TPSA) is 30.0 Å². The molecule has 0 aromatic carbocycles. The highest BCUT2D eigenvalue weighted by atomic mass is 16.1. The van der Waals surface area contributed by atoms with Gasteiger partial charge in [0.1, 0.15) is 5.78 Å². The number of Topliss-reactive ketones (excluding diaryl/α,β-unsaturated/α-hetero) is 1. The Hall–Kier alpha value is -1.18. The second-order valence-corrected chi connectivity index (χ2v) is 3.98. The predicted molar refractivity (Wildman–Crippen MR) is 54.9 cm³/mol. The Balaban J connectivity index is 1.94. The lowest BCUT2D eigenvalue weighted by Crippen LogP contribution is -2.13. The predicted octanol–water partition coefficient (Wildman–Crippen LogP) is 2.38. The van der Waals surface area contributed by atoms with Crippen molar-refractivity contribution in [3.8, 4) is 0 Å². The first-order chi connectivity index (χ1) is 6.86. The summed E-state index contributed by atoms with van der Waals surface area (Å²) in [5, 5.41) is 0. The van der Waals surface area contributed by atoms with Crippen molar-refractivity contribution in [3.63, 3.8) is 0 Å². The number of nitrogens with zero attached hydrogens (tertiary/aromatic N) is 1. The van der Waals surface area contributed by atoms with Gasteiger partial charge in [-0.1, -0.05) is 12.8 Å². The minimum atomic E-state index is 0.336. The number of carbonyl (C=O) groups excluding carboxylic acids is 1. The summed E-state index contributed by atoms with van der Waals surface area (Å²) in [6.07, 6.45) is 8.75. The first-order valence-corrected chi connectivity index (χ1v) is 5.28. The normalized spacial score (nSPS) is 17.1. The molecule has 0 atom stereocenters. The first-order valence-electron chi connectivity index (χ1n) is 5.28. The Labute approximate surface area is 84.4 Å². The molecule has 1 aromatic heterocycles. The summed E-state index contributed by atoms with van der Waals surface area (Å²) in [5.41, 5.74) is 1.09. The number of carbonyl (C=O) groups is 1. The quantitative estimate of drug-likeness (QED) is 0.730. The monoisotopic (exact) mass is 189 g/mol. The molecule has 1 aliphatic carbocycles. The van der Waals surface area contributed by atoms with Crippen molar-refractivity contribution in [1.29, 1.82) is 0 Å². The molecule has 0 aliphatic heterocycles. The van der Waals surface area contributed by atoms with Gasteiger partial charge in [-0.2, -0.15) is 0 Å². The van der Waals surface area contributed by atoms with Crippen LogP contribution < -0.4 is 0 Å². The minimum Gasteiger partial charge on any atom is -0.299 e. The minimum absolute atomic E-state index is 0.336. The van der Waals surface area contributed by atoms with E-state index in [0.717, 1.165) is 18.4 Å². The molecular formula is C12H15NO. The van der Waals surface area contributed by atoms with Gasteiger partial charge < -0.3 is 0 Å². The van der Waals surface area contributed by atoms with Crippen molar-refractivity contribution >= 4 is 5.78 Å². The van der Waals surface area contributed by atoms with E-state index >= 15 is 0 Å². The summed E-state index contributed by atoms with van der Waals surface area (Å²) in [5.74, 6) is 0.747. The summed E-state index contributed by atoms with van der Waals surface area (Å²) in [7, 11) is 0. The zero-order valence-corrected chi connectivity index (χ0v) is 8.28. The molecule has 0 radical (unpaired) electrons. The Morgan fingerprint density at radius 1 is 1.29 bits per heavy atom. The second-order valence-electron chi connectivity index (χ2n) is 3.98. The highest BCUT2D eigenvalue weighted by Crippen LogP contribution is 2.26. The van der Waals surface area contributed by atoms with Crippen molar-refractivity contribution in [2.24, 2.45) is 5.92 Å². The van der Waals surface area contributed by atoms with Gasteiger partial charge in [0.15, 0.2) is 0 Å². The molecule has 1 aliphatic rings. The molecule has 1 fully saturated rings. The lowest BCUT2D eigenvalue weighted by Gasteiger charge is -2.06. The third-order valence-corrected chi connectivity index (χ3v) is 2.94. The second kappa shape index (κ2) is 4.36. The molecule has 2 rings (SSSR count). The van der Waals surface area contributed by atoms with Crippen LogP contribution >= 0.6 is 0 Å². The van der Waals surface area contributed by atoms with E-state index in [-0.39, 0.29) is 0 Å². The highest BCUT2D eigenvalue weighted by Gasteiger charge is 2.22. The molecule has 0 spiro atoms. The first kappa shape index (κ1) is 9.38.